The van der Waals surface area contributed by atoms with E-state index in [9.17, 15) is 34.2 Å². The lowest BCUT2D eigenvalue weighted by Crippen LogP contribution is -2.75. The van der Waals surface area contributed by atoms with Gasteiger partial charge in [0.05, 0.1) is 7.05 Å². The Morgan fingerprint density at radius 2 is 2.00 bits per heavy atom. The van der Waals surface area contributed by atoms with Gasteiger partial charge in [-0.3, -0.25) is 14.9 Å². The molecule has 2 aliphatic rings. The lowest BCUT2D eigenvalue weighted by atomic mass is 9.98. The number of nitrogen functional groups attached to an aromatic ring is 2. The summed E-state index contributed by atoms with van der Waals surface area (Å²) in [6, 6.07) is -3.06. The molecule has 0 saturated carbocycles. The van der Waals surface area contributed by atoms with Crippen LogP contribution in [0.3, 0.4) is 0 Å². The van der Waals surface area contributed by atoms with E-state index in [1.807, 2.05) is 0 Å². The van der Waals surface area contributed by atoms with Crippen molar-refractivity contribution in [3.05, 3.63) is 17.6 Å². The third kappa shape index (κ3) is 6.76. The summed E-state index contributed by atoms with van der Waals surface area (Å²) in [7, 11) is 1.59. The van der Waals surface area contributed by atoms with Gasteiger partial charge in [0.15, 0.2) is 22.7 Å². The number of oxime groups is 1. The van der Waals surface area contributed by atoms with E-state index in [0.29, 0.717) is 5.57 Å². The molecular formula is C23H31N12O8S2+. The van der Waals surface area contributed by atoms with E-state index in [1.165, 1.54) is 47.4 Å². The second-order valence-electron chi connectivity index (χ2n) is 10.1. The summed E-state index contributed by atoms with van der Waals surface area (Å²) < 4.78 is 6.86. The van der Waals surface area contributed by atoms with Gasteiger partial charge in [-0.05, 0) is 13.8 Å². The zero-order chi connectivity index (χ0) is 33.2. The second-order valence-corrected chi connectivity index (χ2v) is 12.0. The van der Waals surface area contributed by atoms with Crippen LogP contribution in [0.4, 0.5) is 21.4 Å². The molecule has 2 aromatic rings. The molecule has 2 fully saturated rings. The van der Waals surface area contributed by atoms with Crippen molar-refractivity contribution in [1.29, 1.82) is 0 Å². The second kappa shape index (κ2) is 13.0. The van der Waals surface area contributed by atoms with E-state index in [4.69, 9.17) is 22.0 Å². The fourth-order valence-electron chi connectivity index (χ4n) is 4.14. The number of carboxylic acid groups (broad SMARTS) is 2. The third-order valence-electron chi connectivity index (χ3n) is 6.61. The van der Waals surface area contributed by atoms with Crippen molar-refractivity contribution in [2.75, 3.05) is 35.6 Å². The number of β-lactam (4-membered cyclic amide) rings is 1. The Labute approximate surface area is 262 Å². The lowest BCUT2D eigenvalue weighted by molar-refractivity contribution is -0.656. The van der Waals surface area contributed by atoms with Crippen LogP contribution in [0.1, 0.15) is 19.7 Å². The minimum absolute atomic E-state index is 0.00375. The first kappa shape index (κ1) is 32.9. The van der Waals surface area contributed by atoms with E-state index in [-0.39, 0.29) is 41.3 Å². The largest absolute Gasteiger partial charge is 0.479 e. The number of carbonyl (C=O) groups excluding carboxylic acids is 3. The van der Waals surface area contributed by atoms with Gasteiger partial charge < -0.3 is 47.8 Å². The van der Waals surface area contributed by atoms with Gasteiger partial charge in [0.25, 0.3) is 5.91 Å². The highest BCUT2D eigenvalue weighted by Gasteiger charge is 2.57. The van der Waals surface area contributed by atoms with Crippen molar-refractivity contribution in [3.63, 3.8) is 0 Å². The topological polar surface area (TPSA) is 299 Å². The highest BCUT2D eigenvalue weighted by atomic mass is 32.2. The zero-order valence-corrected chi connectivity index (χ0v) is 25.7. The van der Waals surface area contributed by atoms with Crippen molar-refractivity contribution in [1.82, 2.24) is 29.6 Å². The number of nitrogens with two attached hydrogens (primary N) is 3. The van der Waals surface area contributed by atoms with E-state index < -0.39 is 58.6 Å². The molecular weight excluding hydrogens is 636 g/mol. The summed E-state index contributed by atoms with van der Waals surface area (Å²) in [5, 5.41) is 29.9. The Hall–Kier alpha value is -4.96. The lowest BCUT2D eigenvalue weighted by Gasteiger charge is -2.52. The number of hydrogen-bond acceptors (Lipinski definition) is 14. The maximum atomic E-state index is 13.3. The maximum absolute atomic E-state index is 13.3. The van der Waals surface area contributed by atoms with E-state index in [1.54, 1.807) is 7.05 Å². The van der Waals surface area contributed by atoms with Gasteiger partial charge in [-0.2, -0.15) is 9.36 Å². The Balaban J connectivity index is 1.54. The van der Waals surface area contributed by atoms with Crippen molar-refractivity contribution >= 4 is 81.6 Å². The van der Waals surface area contributed by atoms with Crippen molar-refractivity contribution in [2.45, 2.75) is 36.9 Å². The molecule has 20 nitrogen and oxygen atoms in total. The molecule has 0 unspecified atom stereocenters. The number of nitrogens with one attached hydrogen (secondary N) is 3. The van der Waals surface area contributed by atoms with Crippen LogP contribution in [0, 0.1) is 0 Å². The van der Waals surface area contributed by atoms with Crippen molar-refractivity contribution in [3.8, 4) is 0 Å². The summed E-state index contributed by atoms with van der Waals surface area (Å²) >= 11 is 1.95. The Bertz CT molecular complexity index is 1600. The number of urea groups is 1. The number of amides is 4. The first-order chi connectivity index (χ1) is 21.2. The summed E-state index contributed by atoms with van der Waals surface area (Å²) in [4.78, 5) is 72.5. The summed E-state index contributed by atoms with van der Waals surface area (Å²) in [5.74, 6) is -4.25. The molecule has 0 aromatic carbocycles. The van der Waals surface area contributed by atoms with Crippen LogP contribution in [0.25, 0.3) is 6.20 Å². The number of carboxylic acids is 2. The molecule has 2 saturated heterocycles. The SMILES string of the molecule is Cn1c(N)c(NC(=O)NCCN)c[n+]1/C=C1\CS[C@@H]2[C@H](NC(=O)/C(=N\OC(C)(C)C(=O)O)c3nsc(N)n3)C(=O)N2[C@H]1C(=O)O. The van der Waals surface area contributed by atoms with Gasteiger partial charge in [0.1, 0.15) is 11.4 Å². The molecule has 0 spiro atoms. The van der Waals surface area contributed by atoms with Crippen LogP contribution >= 0.6 is 23.3 Å². The van der Waals surface area contributed by atoms with Gasteiger partial charge in [0.2, 0.25) is 35.4 Å². The smallest absolute Gasteiger partial charge is 0.350 e. The summed E-state index contributed by atoms with van der Waals surface area (Å²) in [5.41, 5.74) is 15.4. The first-order valence-corrected chi connectivity index (χ1v) is 14.9. The van der Waals surface area contributed by atoms with E-state index in [0.717, 1.165) is 16.4 Å². The fraction of sp³-hybridized carbons (Fsp3) is 0.435. The number of carbonyl (C=O) groups is 5. The molecule has 3 atom stereocenters. The molecule has 11 N–H and O–H groups in total. The van der Waals surface area contributed by atoms with Crippen LogP contribution in [0.15, 0.2) is 16.9 Å². The summed E-state index contributed by atoms with van der Waals surface area (Å²) in [6.45, 7) is 2.90. The summed E-state index contributed by atoms with van der Waals surface area (Å²) in [6.07, 6.45) is 2.97. The molecule has 4 rings (SSSR count). The zero-order valence-electron chi connectivity index (χ0n) is 24.1. The first-order valence-electron chi connectivity index (χ1n) is 13.0. The number of rotatable bonds is 11. The number of aromatic nitrogens is 4. The molecule has 0 radical (unpaired) electrons. The normalized spacial score (nSPS) is 20.7. The van der Waals surface area contributed by atoms with Gasteiger partial charge in [-0.15, -0.1) is 16.4 Å². The van der Waals surface area contributed by atoms with Gasteiger partial charge >= 0.3 is 18.0 Å². The highest BCUT2D eigenvalue weighted by Crippen LogP contribution is 2.40. The Kier molecular flexibility index (Phi) is 9.48. The Morgan fingerprint density at radius 3 is 2.60 bits per heavy atom. The number of thioether (sulfide) groups is 1. The van der Waals surface area contributed by atoms with Crippen LogP contribution in [-0.2, 0) is 31.1 Å². The number of anilines is 3. The minimum Gasteiger partial charge on any atom is -0.479 e. The van der Waals surface area contributed by atoms with Crippen LogP contribution in [0.2, 0.25) is 0 Å². The highest BCUT2D eigenvalue weighted by molar-refractivity contribution is 8.00. The molecule has 0 aliphatic carbocycles. The number of hydrogen-bond donors (Lipinski definition) is 8. The minimum atomic E-state index is -1.82. The molecule has 45 heavy (non-hydrogen) atoms. The van der Waals surface area contributed by atoms with Crippen LogP contribution in [-0.4, -0.2) is 107 Å². The predicted octanol–water partition coefficient (Wildman–Crippen LogP) is -2.61. The predicted molar refractivity (Wildman–Crippen MR) is 160 cm³/mol. The van der Waals surface area contributed by atoms with Gasteiger partial charge in [-0.1, -0.05) is 9.84 Å². The standard InChI is InChI=1S/C23H30N12O8S2/c1-23(2,20(40)41)43-31-11(15-30-21(26)45-32-15)16(36)29-12-17(37)35-13(19(38)39)9(8-44-18(12)35)6-34-7-10(14(25)33(34)3)28-22(42)27-5-4-24/h6-7,12-13,18,25H,4-5,8,24H2,1-3H3,(H7,26,27,28,29,30,32,36,38,39,40,41,42)/p+1/b9-6+,31-11-/t12-,13-,18-/m1/s1. The number of fused-ring (bicyclic) bond motifs is 1. The fourth-order valence-corrected chi connectivity index (χ4v) is 5.94. The molecule has 242 valence electrons. The molecule has 4 amide bonds. The molecule has 0 bridgehead atoms. The number of nitrogens with zero attached hydrogens (tertiary/aromatic N) is 6. The van der Waals surface area contributed by atoms with E-state index in [2.05, 4.69) is 30.5 Å². The monoisotopic (exact) mass is 667 g/mol. The van der Waals surface area contributed by atoms with Crippen molar-refractivity contribution in [2.24, 2.45) is 17.9 Å². The molecule has 4 heterocycles. The Morgan fingerprint density at radius 1 is 1.29 bits per heavy atom. The average Bonchev–Trinajstić information content (AvgIpc) is 3.52. The van der Waals surface area contributed by atoms with Gasteiger partial charge in [0, 0.05) is 35.9 Å². The number of aliphatic carboxylic acids is 2. The quantitative estimate of drug-likeness (QED) is 0.0527. The van der Waals surface area contributed by atoms with Gasteiger partial charge in [-0.25, -0.2) is 14.4 Å². The van der Waals surface area contributed by atoms with E-state index >= 15 is 0 Å². The van der Waals surface area contributed by atoms with Crippen LogP contribution in [0.5, 0.6) is 0 Å². The maximum Gasteiger partial charge on any atom is 0.350 e. The molecule has 22 heteroatoms. The van der Waals surface area contributed by atoms with Crippen LogP contribution < -0.4 is 37.8 Å². The third-order valence-corrected chi connectivity index (χ3v) is 8.49. The molecule has 2 aliphatic heterocycles. The molecule has 2 aromatic heterocycles. The van der Waals surface area contributed by atoms with Crippen molar-refractivity contribution < 1.29 is 43.7 Å². The average molecular weight is 668 g/mol.